The molecule has 1 aliphatic heterocycles. The van der Waals surface area contributed by atoms with Crippen molar-refractivity contribution in [2.45, 2.75) is 8.42 Å². The van der Waals surface area contributed by atoms with Crippen molar-refractivity contribution in [2.24, 2.45) is 0 Å². The Labute approximate surface area is 74.7 Å². The molecule has 0 aromatic carbocycles. The van der Waals surface area contributed by atoms with Crippen LogP contribution < -0.4 is 0 Å². The third kappa shape index (κ3) is 1.21. The lowest BCUT2D eigenvalue weighted by atomic mass is 11.1. The molecule has 0 aliphatic carbocycles. The summed E-state index contributed by atoms with van der Waals surface area (Å²) in [4.78, 5) is 0. The van der Waals surface area contributed by atoms with Gasteiger partial charge in [0.1, 0.15) is 3.14 Å². The molecule has 5 heteroatoms. The van der Waals surface area contributed by atoms with Gasteiger partial charge in [-0.05, 0) is 0 Å². The fourth-order valence-electron chi connectivity index (χ4n) is 0.569. The smallest absolute Gasteiger partial charge is 0.105 e. The standard InChI is InChI=1S/C4H2S5/c5-4-8-2-3(9-4)7-1-6-2/h1H2. The largest absolute Gasteiger partial charge is 0.145 e. The number of hydrogen-bond donors (Lipinski definition) is 0. The van der Waals surface area contributed by atoms with Gasteiger partial charge < -0.3 is 0 Å². The minimum absolute atomic E-state index is 1.07. The van der Waals surface area contributed by atoms with Crippen LogP contribution in [-0.4, -0.2) is 5.08 Å². The van der Waals surface area contributed by atoms with Crippen molar-refractivity contribution >= 4 is 58.4 Å². The van der Waals surface area contributed by atoms with Gasteiger partial charge in [-0.15, -0.1) is 46.2 Å². The summed E-state index contributed by atoms with van der Waals surface area (Å²) in [6.45, 7) is 0. The van der Waals surface area contributed by atoms with E-state index in [1.54, 1.807) is 22.7 Å². The molecule has 0 unspecified atom stereocenters. The third-order valence-corrected chi connectivity index (χ3v) is 6.61. The van der Waals surface area contributed by atoms with Crippen molar-refractivity contribution in [1.82, 2.24) is 0 Å². The molecule has 0 bridgehead atoms. The van der Waals surface area contributed by atoms with Crippen LogP contribution in [-0.2, 0) is 0 Å². The summed E-state index contributed by atoms with van der Waals surface area (Å²) in [7, 11) is 0. The van der Waals surface area contributed by atoms with Crippen LogP contribution in [0.25, 0.3) is 0 Å². The lowest BCUT2D eigenvalue weighted by Crippen LogP contribution is -1.47. The maximum Gasteiger partial charge on any atom is 0.145 e. The zero-order chi connectivity index (χ0) is 6.27. The predicted molar refractivity (Wildman–Crippen MR) is 49.6 cm³/mol. The average molecular weight is 210 g/mol. The van der Waals surface area contributed by atoms with Crippen molar-refractivity contribution in [3.63, 3.8) is 0 Å². The molecule has 48 valence electrons. The maximum atomic E-state index is 5.03. The molecular weight excluding hydrogens is 208 g/mol. The molecule has 0 spiro atoms. The van der Waals surface area contributed by atoms with E-state index >= 15 is 0 Å². The molecule has 0 nitrogen and oxygen atoms in total. The molecule has 1 aliphatic rings. The highest BCUT2D eigenvalue weighted by molar-refractivity contribution is 8.20. The summed E-state index contributed by atoms with van der Waals surface area (Å²) in [5, 5.41) is 1.19. The molecule has 0 N–H and O–H groups in total. The Morgan fingerprint density at radius 1 is 1.11 bits per heavy atom. The van der Waals surface area contributed by atoms with E-state index in [1.165, 1.54) is 13.5 Å². The summed E-state index contributed by atoms with van der Waals surface area (Å²) in [5.74, 6) is 0. The molecule has 2 heterocycles. The van der Waals surface area contributed by atoms with Gasteiger partial charge in [0.05, 0.1) is 13.5 Å². The number of hydrogen-bond acceptors (Lipinski definition) is 5. The fourth-order valence-corrected chi connectivity index (χ4v) is 7.21. The summed E-state index contributed by atoms with van der Waals surface area (Å²) in [6, 6.07) is 0. The van der Waals surface area contributed by atoms with Crippen LogP contribution in [0.4, 0.5) is 0 Å². The first-order valence-corrected chi connectivity index (χ1v) is 6.27. The molecule has 1 aromatic rings. The molecular formula is C4H2S5. The second kappa shape index (κ2) is 2.54. The van der Waals surface area contributed by atoms with E-state index in [0.717, 1.165) is 3.14 Å². The van der Waals surface area contributed by atoms with Crippen LogP contribution in [0, 0.1) is 3.14 Å². The van der Waals surface area contributed by atoms with Crippen molar-refractivity contribution in [3.8, 4) is 0 Å². The van der Waals surface area contributed by atoms with Crippen LogP contribution in [0.3, 0.4) is 0 Å². The molecule has 0 fully saturated rings. The first-order chi connectivity index (χ1) is 4.36. The molecule has 2 rings (SSSR count). The lowest BCUT2D eigenvalue weighted by molar-refractivity contribution is 1.56. The first-order valence-electron chi connectivity index (χ1n) is 2.26. The normalized spacial score (nSPS) is 16.0. The maximum absolute atomic E-state index is 5.03. The molecule has 0 saturated heterocycles. The fraction of sp³-hybridized carbons (Fsp3) is 0.250. The topological polar surface area (TPSA) is 0 Å². The quantitative estimate of drug-likeness (QED) is 0.599. The van der Waals surface area contributed by atoms with E-state index in [2.05, 4.69) is 0 Å². The summed E-state index contributed by atoms with van der Waals surface area (Å²) in [5.41, 5.74) is 0. The van der Waals surface area contributed by atoms with Gasteiger partial charge in [-0.2, -0.15) is 0 Å². The van der Waals surface area contributed by atoms with Crippen LogP contribution in [0.5, 0.6) is 0 Å². The Balaban J connectivity index is 2.64. The molecule has 0 atom stereocenters. The van der Waals surface area contributed by atoms with Gasteiger partial charge in [0.2, 0.25) is 0 Å². The number of thioether (sulfide) groups is 2. The van der Waals surface area contributed by atoms with Crippen molar-refractivity contribution in [1.29, 1.82) is 0 Å². The second-order valence-electron chi connectivity index (χ2n) is 1.44. The zero-order valence-corrected chi connectivity index (χ0v) is 8.33. The van der Waals surface area contributed by atoms with E-state index in [0.29, 0.717) is 0 Å². The second-order valence-corrected chi connectivity index (χ2v) is 7.51. The highest BCUT2D eigenvalue weighted by Gasteiger charge is 2.14. The average Bonchev–Trinajstić information content (AvgIpc) is 2.22. The van der Waals surface area contributed by atoms with Gasteiger partial charge >= 0.3 is 0 Å². The minimum Gasteiger partial charge on any atom is -0.105 e. The first kappa shape index (κ1) is 6.67. The predicted octanol–water partition coefficient (Wildman–Crippen LogP) is 3.69. The van der Waals surface area contributed by atoms with Crippen molar-refractivity contribution in [3.05, 3.63) is 3.14 Å². The van der Waals surface area contributed by atoms with E-state index in [-0.39, 0.29) is 0 Å². The third-order valence-electron chi connectivity index (χ3n) is 0.899. The van der Waals surface area contributed by atoms with Gasteiger partial charge in [0.25, 0.3) is 0 Å². The Hall–Kier alpha value is 0.970. The van der Waals surface area contributed by atoms with Crippen LogP contribution >= 0.6 is 58.4 Å². The SMILES string of the molecule is S=c1sc2c(s1)SCS2. The summed E-state index contributed by atoms with van der Waals surface area (Å²) >= 11 is 12.4. The van der Waals surface area contributed by atoms with Crippen molar-refractivity contribution < 1.29 is 0 Å². The minimum atomic E-state index is 1.07. The Morgan fingerprint density at radius 3 is 2.22 bits per heavy atom. The molecule has 1 aromatic heterocycles. The Kier molecular flexibility index (Phi) is 1.88. The van der Waals surface area contributed by atoms with E-state index in [9.17, 15) is 0 Å². The number of rotatable bonds is 0. The molecule has 0 saturated carbocycles. The van der Waals surface area contributed by atoms with Crippen molar-refractivity contribution in [2.75, 3.05) is 5.08 Å². The van der Waals surface area contributed by atoms with Gasteiger partial charge in [0, 0.05) is 0 Å². The van der Waals surface area contributed by atoms with Crippen LogP contribution in [0.1, 0.15) is 0 Å². The summed E-state index contributed by atoms with van der Waals surface area (Å²) in [6.07, 6.45) is 0. The van der Waals surface area contributed by atoms with Gasteiger partial charge in [0.15, 0.2) is 0 Å². The molecule has 0 amide bonds. The van der Waals surface area contributed by atoms with Gasteiger partial charge in [-0.1, -0.05) is 12.2 Å². The van der Waals surface area contributed by atoms with E-state index in [1.807, 2.05) is 23.5 Å². The van der Waals surface area contributed by atoms with Crippen LogP contribution in [0.15, 0.2) is 8.42 Å². The zero-order valence-electron chi connectivity index (χ0n) is 4.25. The van der Waals surface area contributed by atoms with Gasteiger partial charge in [-0.25, -0.2) is 0 Å². The lowest BCUT2D eigenvalue weighted by Gasteiger charge is -1.75. The van der Waals surface area contributed by atoms with E-state index in [4.69, 9.17) is 12.2 Å². The van der Waals surface area contributed by atoms with Crippen LogP contribution in [0.2, 0.25) is 0 Å². The van der Waals surface area contributed by atoms with E-state index < -0.39 is 0 Å². The highest BCUT2D eigenvalue weighted by Crippen LogP contribution is 2.48. The highest BCUT2D eigenvalue weighted by atomic mass is 32.2. The number of fused-ring (bicyclic) bond motifs is 1. The summed E-state index contributed by atoms with van der Waals surface area (Å²) < 4.78 is 3.95. The molecule has 0 radical (unpaired) electrons. The van der Waals surface area contributed by atoms with Gasteiger partial charge in [-0.3, -0.25) is 0 Å². The monoisotopic (exact) mass is 210 g/mol. The molecule has 9 heavy (non-hydrogen) atoms. The Morgan fingerprint density at radius 2 is 1.67 bits per heavy atom. The Bertz CT molecular complexity index is 244.